The molecule has 0 radical (unpaired) electrons. The van der Waals surface area contributed by atoms with Crippen LogP contribution in [0.5, 0.6) is 0 Å². The number of oxazole rings is 1. The minimum atomic E-state index is 0.758. The van der Waals surface area contributed by atoms with Crippen LogP contribution in [0.2, 0.25) is 0 Å². The monoisotopic (exact) mass is 265 g/mol. The van der Waals surface area contributed by atoms with Gasteiger partial charge in [0, 0.05) is 11.8 Å². The van der Waals surface area contributed by atoms with Crippen molar-refractivity contribution in [3.63, 3.8) is 0 Å². The molecule has 0 unspecified atom stereocenters. The standard InChI is InChI=1S/C12H12BrNO/c13-8-11-12(15-9-14-11)7-6-10-4-2-1-3-5-10/h1-5,9H,6-8H2. The maximum absolute atomic E-state index is 5.34. The molecule has 2 aromatic rings. The Labute approximate surface area is 97.5 Å². The molecule has 0 aliphatic carbocycles. The van der Waals surface area contributed by atoms with E-state index in [-0.39, 0.29) is 0 Å². The fraction of sp³-hybridized carbons (Fsp3) is 0.250. The summed E-state index contributed by atoms with van der Waals surface area (Å²) >= 11 is 3.39. The van der Waals surface area contributed by atoms with Crippen molar-refractivity contribution >= 4 is 15.9 Å². The Morgan fingerprint density at radius 3 is 2.67 bits per heavy atom. The van der Waals surface area contributed by atoms with Crippen LogP contribution >= 0.6 is 15.9 Å². The molecule has 0 bridgehead atoms. The number of alkyl halides is 1. The zero-order valence-electron chi connectivity index (χ0n) is 8.32. The fourth-order valence-electron chi connectivity index (χ4n) is 1.51. The van der Waals surface area contributed by atoms with Crippen LogP contribution in [0.3, 0.4) is 0 Å². The molecule has 2 rings (SSSR count). The molecule has 1 aromatic carbocycles. The lowest BCUT2D eigenvalue weighted by atomic mass is 10.1. The van der Waals surface area contributed by atoms with Crippen LogP contribution in [-0.2, 0) is 18.2 Å². The lowest BCUT2D eigenvalue weighted by Crippen LogP contribution is -1.93. The van der Waals surface area contributed by atoms with E-state index in [1.807, 2.05) is 6.07 Å². The summed E-state index contributed by atoms with van der Waals surface area (Å²) in [7, 11) is 0. The molecular formula is C12H12BrNO. The second-order valence-electron chi connectivity index (χ2n) is 3.34. The second-order valence-corrected chi connectivity index (χ2v) is 3.90. The van der Waals surface area contributed by atoms with Crippen LogP contribution in [0.1, 0.15) is 17.0 Å². The van der Waals surface area contributed by atoms with Crippen molar-refractivity contribution in [3.8, 4) is 0 Å². The molecular weight excluding hydrogens is 254 g/mol. The summed E-state index contributed by atoms with van der Waals surface area (Å²) in [6.07, 6.45) is 3.41. The molecule has 0 aliphatic heterocycles. The van der Waals surface area contributed by atoms with Gasteiger partial charge in [-0.25, -0.2) is 4.98 Å². The third-order valence-electron chi connectivity index (χ3n) is 2.34. The highest BCUT2D eigenvalue weighted by molar-refractivity contribution is 9.08. The van der Waals surface area contributed by atoms with E-state index >= 15 is 0 Å². The van der Waals surface area contributed by atoms with E-state index in [0.29, 0.717) is 0 Å². The predicted molar refractivity (Wildman–Crippen MR) is 63.0 cm³/mol. The van der Waals surface area contributed by atoms with Crippen molar-refractivity contribution in [1.29, 1.82) is 0 Å². The van der Waals surface area contributed by atoms with Gasteiger partial charge in [0.05, 0.1) is 5.69 Å². The third-order valence-corrected chi connectivity index (χ3v) is 2.87. The summed E-state index contributed by atoms with van der Waals surface area (Å²) in [5.41, 5.74) is 2.33. The normalized spacial score (nSPS) is 10.5. The van der Waals surface area contributed by atoms with Crippen LogP contribution < -0.4 is 0 Å². The van der Waals surface area contributed by atoms with E-state index in [1.54, 1.807) is 0 Å². The molecule has 0 fully saturated rings. The van der Waals surface area contributed by atoms with E-state index in [4.69, 9.17) is 4.42 Å². The van der Waals surface area contributed by atoms with E-state index in [0.717, 1.165) is 29.6 Å². The van der Waals surface area contributed by atoms with Gasteiger partial charge in [0.2, 0.25) is 0 Å². The number of hydrogen-bond donors (Lipinski definition) is 0. The molecule has 0 N–H and O–H groups in total. The van der Waals surface area contributed by atoms with Gasteiger partial charge in [-0.1, -0.05) is 46.3 Å². The largest absolute Gasteiger partial charge is 0.448 e. The van der Waals surface area contributed by atoms with Gasteiger partial charge in [-0.05, 0) is 12.0 Å². The molecule has 15 heavy (non-hydrogen) atoms. The smallest absolute Gasteiger partial charge is 0.181 e. The Bertz CT molecular complexity index is 411. The van der Waals surface area contributed by atoms with Gasteiger partial charge in [-0.15, -0.1) is 0 Å². The summed E-state index contributed by atoms with van der Waals surface area (Å²) < 4.78 is 5.34. The summed E-state index contributed by atoms with van der Waals surface area (Å²) in [4.78, 5) is 4.13. The number of hydrogen-bond acceptors (Lipinski definition) is 2. The number of halogens is 1. The SMILES string of the molecule is BrCc1ncoc1CCc1ccccc1. The van der Waals surface area contributed by atoms with E-state index in [1.165, 1.54) is 12.0 Å². The first-order chi connectivity index (χ1) is 7.40. The average Bonchev–Trinajstić information content (AvgIpc) is 2.75. The van der Waals surface area contributed by atoms with Crippen molar-refractivity contribution in [3.05, 3.63) is 53.7 Å². The third kappa shape index (κ3) is 2.69. The van der Waals surface area contributed by atoms with E-state index < -0.39 is 0 Å². The number of rotatable bonds is 4. The number of aromatic nitrogens is 1. The molecule has 0 aliphatic rings. The lowest BCUT2D eigenvalue weighted by Gasteiger charge is -1.99. The molecule has 0 spiro atoms. The molecule has 1 aromatic heterocycles. The maximum atomic E-state index is 5.34. The van der Waals surface area contributed by atoms with Gasteiger partial charge in [0.1, 0.15) is 5.76 Å². The van der Waals surface area contributed by atoms with Crippen molar-refractivity contribution in [1.82, 2.24) is 4.98 Å². The van der Waals surface area contributed by atoms with Crippen LogP contribution in [0.25, 0.3) is 0 Å². The summed E-state index contributed by atoms with van der Waals surface area (Å²) in [5.74, 6) is 0.982. The number of aryl methyl sites for hydroxylation is 2. The van der Waals surface area contributed by atoms with E-state index in [9.17, 15) is 0 Å². The molecule has 0 amide bonds. The van der Waals surface area contributed by atoms with Crippen molar-refractivity contribution in [2.45, 2.75) is 18.2 Å². The zero-order chi connectivity index (χ0) is 10.5. The first kappa shape index (κ1) is 10.4. The molecule has 0 atom stereocenters. The first-order valence-corrected chi connectivity index (χ1v) is 6.03. The number of nitrogens with zero attached hydrogens (tertiary/aromatic N) is 1. The molecule has 0 saturated carbocycles. The zero-order valence-corrected chi connectivity index (χ0v) is 9.90. The highest BCUT2D eigenvalue weighted by Crippen LogP contribution is 2.13. The summed E-state index contributed by atoms with van der Waals surface area (Å²) in [6.45, 7) is 0. The van der Waals surface area contributed by atoms with Gasteiger partial charge < -0.3 is 4.42 Å². The molecule has 0 saturated heterocycles. The Balaban J connectivity index is 1.99. The Morgan fingerprint density at radius 1 is 1.13 bits per heavy atom. The minimum Gasteiger partial charge on any atom is -0.448 e. The highest BCUT2D eigenvalue weighted by Gasteiger charge is 2.06. The Morgan fingerprint density at radius 2 is 1.93 bits per heavy atom. The first-order valence-electron chi connectivity index (χ1n) is 4.91. The average molecular weight is 266 g/mol. The Hall–Kier alpha value is -1.09. The molecule has 2 nitrogen and oxygen atoms in total. The second kappa shape index (κ2) is 5.12. The van der Waals surface area contributed by atoms with Crippen LogP contribution in [0, 0.1) is 0 Å². The van der Waals surface area contributed by atoms with Crippen molar-refractivity contribution in [2.24, 2.45) is 0 Å². The Kier molecular flexibility index (Phi) is 3.56. The number of benzene rings is 1. The van der Waals surface area contributed by atoms with Crippen LogP contribution in [-0.4, -0.2) is 4.98 Å². The van der Waals surface area contributed by atoms with Gasteiger partial charge >= 0.3 is 0 Å². The van der Waals surface area contributed by atoms with Crippen molar-refractivity contribution in [2.75, 3.05) is 0 Å². The van der Waals surface area contributed by atoms with Gasteiger partial charge in [-0.3, -0.25) is 0 Å². The minimum absolute atomic E-state index is 0.758. The van der Waals surface area contributed by atoms with Crippen molar-refractivity contribution < 1.29 is 4.42 Å². The van der Waals surface area contributed by atoms with Gasteiger partial charge in [0.15, 0.2) is 6.39 Å². The summed E-state index contributed by atoms with van der Waals surface area (Å²) in [6, 6.07) is 10.4. The summed E-state index contributed by atoms with van der Waals surface area (Å²) in [5, 5.41) is 0.758. The maximum Gasteiger partial charge on any atom is 0.181 e. The molecule has 78 valence electrons. The lowest BCUT2D eigenvalue weighted by molar-refractivity contribution is 0.501. The van der Waals surface area contributed by atoms with E-state index in [2.05, 4.69) is 45.2 Å². The van der Waals surface area contributed by atoms with Gasteiger partial charge in [0.25, 0.3) is 0 Å². The quantitative estimate of drug-likeness (QED) is 0.793. The van der Waals surface area contributed by atoms with Crippen LogP contribution in [0.4, 0.5) is 0 Å². The van der Waals surface area contributed by atoms with Gasteiger partial charge in [-0.2, -0.15) is 0 Å². The molecule has 3 heteroatoms. The topological polar surface area (TPSA) is 26.0 Å². The van der Waals surface area contributed by atoms with Crippen LogP contribution in [0.15, 0.2) is 41.1 Å². The molecule has 1 heterocycles. The highest BCUT2D eigenvalue weighted by atomic mass is 79.9. The predicted octanol–water partition coefficient (Wildman–Crippen LogP) is 3.35. The fourth-order valence-corrected chi connectivity index (χ4v) is 1.97.